The summed E-state index contributed by atoms with van der Waals surface area (Å²) in [5, 5.41) is 12.1. The van der Waals surface area contributed by atoms with E-state index >= 15 is 0 Å². The van der Waals surface area contributed by atoms with Gasteiger partial charge in [-0.05, 0) is 45.7 Å². The topological polar surface area (TPSA) is 78.9 Å². The van der Waals surface area contributed by atoms with Gasteiger partial charge < -0.3 is 15.2 Å². The number of aliphatic hydroxyl groups is 1. The first-order valence-corrected chi connectivity index (χ1v) is 6.64. The number of methoxy groups -OCH3 is 1. The van der Waals surface area contributed by atoms with Crippen LogP contribution in [0.25, 0.3) is 0 Å². The zero-order valence-electron chi connectivity index (χ0n) is 11.9. The van der Waals surface area contributed by atoms with Crippen LogP contribution >= 0.6 is 0 Å². The van der Waals surface area contributed by atoms with E-state index in [1.807, 2.05) is 19.0 Å². The van der Waals surface area contributed by atoms with E-state index < -0.39 is 5.97 Å². The van der Waals surface area contributed by atoms with Crippen LogP contribution in [-0.2, 0) is 14.3 Å². The number of carbonyl (C=O) groups is 2. The molecular formula is C13H24N2O4. The SMILES string of the molecule is COC(=O)CNC(=O)C(C1CCC(O)CC1)N(C)C. The molecule has 6 nitrogen and oxygen atoms in total. The van der Waals surface area contributed by atoms with Crippen LogP contribution in [0.15, 0.2) is 0 Å². The van der Waals surface area contributed by atoms with Gasteiger partial charge in [-0.15, -0.1) is 0 Å². The van der Waals surface area contributed by atoms with Crippen molar-refractivity contribution in [3.05, 3.63) is 0 Å². The van der Waals surface area contributed by atoms with Crippen molar-refractivity contribution in [2.24, 2.45) is 5.92 Å². The Morgan fingerprint density at radius 2 is 1.89 bits per heavy atom. The first kappa shape index (κ1) is 15.9. The summed E-state index contributed by atoms with van der Waals surface area (Å²) in [5.41, 5.74) is 0. The van der Waals surface area contributed by atoms with E-state index in [4.69, 9.17) is 0 Å². The van der Waals surface area contributed by atoms with Crippen molar-refractivity contribution >= 4 is 11.9 Å². The van der Waals surface area contributed by atoms with Gasteiger partial charge in [0.2, 0.25) is 5.91 Å². The highest BCUT2D eigenvalue weighted by molar-refractivity contribution is 5.85. The molecule has 0 radical (unpaired) electrons. The summed E-state index contributed by atoms with van der Waals surface area (Å²) in [6, 6.07) is -0.267. The highest BCUT2D eigenvalue weighted by Crippen LogP contribution is 2.28. The van der Waals surface area contributed by atoms with Gasteiger partial charge in [0, 0.05) is 0 Å². The zero-order valence-corrected chi connectivity index (χ0v) is 11.9. The van der Waals surface area contributed by atoms with Crippen LogP contribution in [0.1, 0.15) is 25.7 Å². The van der Waals surface area contributed by atoms with Crippen molar-refractivity contribution in [1.82, 2.24) is 10.2 Å². The smallest absolute Gasteiger partial charge is 0.325 e. The lowest BCUT2D eigenvalue weighted by Gasteiger charge is -2.34. The Balaban J connectivity index is 2.56. The molecule has 1 fully saturated rings. The van der Waals surface area contributed by atoms with E-state index in [9.17, 15) is 14.7 Å². The number of carbonyl (C=O) groups excluding carboxylic acids is 2. The molecule has 1 aliphatic rings. The molecule has 1 amide bonds. The fourth-order valence-electron chi connectivity index (χ4n) is 2.62. The van der Waals surface area contributed by atoms with Crippen molar-refractivity contribution < 1.29 is 19.4 Å². The van der Waals surface area contributed by atoms with Crippen molar-refractivity contribution in [2.75, 3.05) is 27.7 Å². The Labute approximate surface area is 114 Å². The molecular weight excluding hydrogens is 248 g/mol. The lowest BCUT2D eigenvalue weighted by atomic mass is 9.82. The fraction of sp³-hybridized carbons (Fsp3) is 0.846. The number of nitrogens with one attached hydrogen (secondary N) is 1. The largest absolute Gasteiger partial charge is 0.468 e. The lowest BCUT2D eigenvalue weighted by Crippen LogP contribution is -2.50. The Bertz CT molecular complexity index is 312. The van der Waals surface area contributed by atoms with Crippen LogP contribution in [-0.4, -0.2) is 61.8 Å². The van der Waals surface area contributed by atoms with E-state index in [1.165, 1.54) is 7.11 Å². The third-order valence-corrected chi connectivity index (χ3v) is 3.65. The molecule has 1 aliphatic carbocycles. The van der Waals surface area contributed by atoms with E-state index in [2.05, 4.69) is 10.1 Å². The minimum absolute atomic E-state index is 0.102. The molecule has 0 aromatic rings. The number of ether oxygens (including phenoxy) is 1. The highest BCUT2D eigenvalue weighted by Gasteiger charge is 2.33. The molecule has 0 bridgehead atoms. The van der Waals surface area contributed by atoms with Gasteiger partial charge >= 0.3 is 5.97 Å². The molecule has 1 unspecified atom stereocenters. The molecule has 19 heavy (non-hydrogen) atoms. The van der Waals surface area contributed by atoms with Crippen molar-refractivity contribution in [1.29, 1.82) is 0 Å². The van der Waals surface area contributed by atoms with Gasteiger partial charge in [-0.25, -0.2) is 0 Å². The van der Waals surface area contributed by atoms with Crippen LogP contribution in [0.5, 0.6) is 0 Å². The van der Waals surface area contributed by atoms with Crippen LogP contribution in [0, 0.1) is 5.92 Å². The van der Waals surface area contributed by atoms with Crippen molar-refractivity contribution in [2.45, 2.75) is 37.8 Å². The number of esters is 1. The lowest BCUT2D eigenvalue weighted by molar-refractivity contribution is -0.142. The molecule has 1 atom stereocenters. The van der Waals surface area contributed by atoms with E-state index in [0.29, 0.717) is 0 Å². The van der Waals surface area contributed by atoms with Gasteiger partial charge in [0.15, 0.2) is 0 Å². The van der Waals surface area contributed by atoms with Gasteiger partial charge in [-0.2, -0.15) is 0 Å². The molecule has 0 aromatic carbocycles. The number of hydrogen-bond acceptors (Lipinski definition) is 5. The number of amides is 1. The van der Waals surface area contributed by atoms with Gasteiger partial charge in [0.1, 0.15) is 6.54 Å². The quantitative estimate of drug-likeness (QED) is 0.675. The Kier molecular flexibility index (Phi) is 6.24. The molecule has 0 aliphatic heterocycles. The second kappa shape index (κ2) is 7.45. The number of rotatable bonds is 5. The Morgan fingerprint density at radius 3 is 2.37 bits per heavy atom. The van der Waals surface area contributed by atoms with Crippen LogP contribution in [0.2, 0.25) is 0 Å². The molecule has 0 spiro atoms. The van der Waals surface area contributed by atoms with E-state index in [-0.39, 0.29) is 30.5 Å². The molecule has 0 saturated heterocycles. The summed E-state index contributed by atoms with van der Waals surface area (Å²) in [7, 11) is 5.00. The summed E-state index contributed by atoms with van der Waals surface area (Å²) in [6.45, 7) is -0.102. The Morgan fingerprint density at radius 1 is 1.32 bits per heavy atom. The monoisotopic (exact) mass is 272 g/mol. The Hall–Kier alpha value is -1.14. The summed E-state index contributed by atoms with van der Waals surface area (Å²) >= 11 is 0. The van der Waals surface area contributed by atoms with Crippen LogP contribution in [0.4, 0.5) is 0 Å². The summed E-state index contributed by atoms with van der Waals surface area (Å²) < 4.78 is 4.50. The molecule has 110 valence electrons. The van der Waals surface area contributed by atoms with Gasteiger partial charge in [0.25, 0.3) is 0 Å². The van der Waals surface area contributed by atoms with Gasteiger partial charge in [-0.1, -0.05) is 0 Å². The van der Waals surface area contributed by atoms with Gasteiger partial charge in [-0.3, -0.25) is 14.5 Å². The normalized spacial score (nSPS) is 24.9. The molecule has 2 N–H and O–H groups in total. The average molecular weight is 272 g/mol. The standard InChI is InChI=1S/C13H24N2O4/c1-15(2)12(9-4-6-10(16)7-5-9)13(18)14-8-11(17)19-3/h9-10,12,16H,4-8H2,1-3H3,(H,14,18). The predicted molar refractivity (Wildman–Crippen MR) is 70.5 cm³/mol. The average Bonchev–Trinajstić information content (AvgIpc) is 2.38. The van der Waals surface area contributed by atoms with Crippen LogP contribution in [0.3, 0.4) is 0 Å². The van der Waals surface area contributed by atoms with E-state index in [0.717, 1.165) is 25.7 Å². The zero-order chi connectivity index (χ0) is 14.4. The van der Waals surface area contributed by atoms with Gasteiger partial charge in [0.05, 0.1) is 19.3 Å². The number of likely N-dealkylation sites (N-methyl/N-ethyl adjacent to an activating group) is 1. The molecule has 1 saturated carbocycles. The summed E-state index contributed by atoms with van der Waals surface area (Å²) in [5.74, 6) is -0.391. The molecule has 0 heterocycles. The number of aliphatic hydroxyl groups excluding tert-OH is 1. The van der Waals surface area contributed by atoms with E-state index in [1.54, 1.807) is 0 Å². The highest BCUT2D eigenvalue weighted by atomic mass is 16.5. The first-order valence-electron chi connectivity index (χ1n) is 6.64. The van der Waals surface area contributed by atoms with Crippen molar-refractivity contribution in [3.63, 3.8) is 0 Å². The minimum Gasteiger partial charge on any atom is -0.468 e. The molecule has 6 heteroatoms. The predicted octanol–water partition coefficient (Wildman–Crippen LogP) is -0.243. The molecule has 1 rings (SSSR count). The number of nitrogens with zero attached hydrogens (tertiary/aromatic N) is 1. The maximum absolute atomic E-state index is 12.2. The molecule has 0 aromatic heterocycles. The maximum Gasteiger partial charge on any atom is 0.325 e. The third kappa shape index (κ3) is 4.80. The second-order valence-corrected chi connectivity index (χ2v) is 5.27. The third-order valence-electron chi connectivity index (χ3n) is 3.65. The van der Waals surface area contributed by atoms with Crippen molar-refractivity contribution in [3.8, 4) is 0 Å². The summed E-state index contributed by atoms with van der Waals surface area (Å²) in [4.78, 5) is 25.1. The first-order chi connectivity index (χ1) is 8.95. The fourth-order valence-corrected chi connectivity index (χ4v) is 2.62. The summed E-state index contributed by atoms with van der Waals surface area (Å²) in [6.07, 6.45) is 2.89. The van der Waals surface area contributed by atoms with Crippen LogP contribution < -0.4 is 5.32 Å². The second-order valence-electron chi connectivity index (χ2n) is 5.27. The maximum atomic E-state index is 12.2. The minimum atomic E-state index is -0.454. The number of hydrogen-bond donors (Lipinski definition) is 2.